The van der Waals surface area contributed by atoms with E-state index in [-0.39, 0.29) is 17.7 Å². The number of thiazole rings is 1. The maximum absolute atomic E-state index is 12.4. The highest BCUT2D eigenvalue weighted by Crippen LogP contribution is 2.29. The van der Waals surface area contributed by atoms with E-state index in [9.17, 15) is 9.59 Å². The molecule has 1 fully saturated rings. The number of hydrogen-bond donors (Lipinski definition) is 1. The molecule has 1 atom stereocenters. The second-order valence-corrected chi connectivity index (χ2v) is 8.32. The third-order valence-corrected chi connectivity index (χ3v) is 6.33. The van der Waals surface area contributed by atoms with Crippen molar-refractivity contribution in [2.75, 3.05) is 18.8 Å². The number of hydrogen-bond acceptors (Lipinski definition) is 5. The van der Waals surface area contributed by atoms with Crippen molar-refractivity contribution in [2.45, 2.75) is 24.1 Å². The summed E-state index contributed by atoms with van der Waals surface area (Å²) in [5.41, 5.74) is 8.61. The molecule has 0 radical (unpaired) electrons. The molecule has 1 aliphatic heterocycles. The smallest absolute Gasteiger partial charge is 0.233 e. The number of benzene rings is 1. The fourth-order valence-corrected chi connectivity index (χ4v) is 4.57. The van der Waals surface area contributed by atoms with Crippen molar-refractivity contribution in [3.05, 3.63) is 35.2 Å². The largest absolute Gasteiger partial charge is 0.369 e. The van der Waals surface area contributed by atoms with Gasteiger partial charge in [-0.3, -0.25) is 9.59 Å². The van der Waals surface area contributed by atoms with Crippen molar-refractivity contribution in [3.8, 4) is 11.3 Å². The van der Waals surface area contributed by atoms with Crippen molar-refractivity contribution < 1.29 is 9.59 Å². The first kappa shape index (κ1) is 17.9. The number of carbonyl (C=O) groups excluding carboxylic acids is 2. The van der Waals surface area contributed by atoms with Gasteiger partial charge < -0.3 is 10.6 Å². The number of carbonyl (C=O) groups is 2. The van der Waals surface area contributed by atoms with E-state index in [1.165, 1.54) is 17.3 Å². The molecule has 5 nitrogen and oxygen atoms in total. The van der Waals surface area contributed by atoms with Crippen LogP contribution in [0, 0.1) is 12.8 Å². The van der Waals surface area contributed by atoms with Crippen LogP contribution in [0.4, 0.5) is 0 Å². The maximum Gasteiger partial charge on any atom is 0.233 e. The summed E-state index contributed by atoms with van der Waals surface area (Å²) in [6, 6.07) is 8.25. The molecule has 1 aliphatic rings. The van der Waals surface area contributed by atoms with E-state index < -0.39 is 0 Å². The van der Waals surface area contributed by atoms with E-state index in [0.29, 0.717) is 18.8 Å². The third-order valence-electron chi connectivity index (χ3n) is 4.33. The molecule has 2 heterocycles. The Labute approximate surface area is 155 Å². The van der Waals surface area contributed by atoms with E-state index >= 15 is 0 Å². The Morgan fingerprint density at radius 2 is 2.12 bits per heavy atom. The number of amides is 2. The van der Waals surface area contributed by atoms with Crippen LogP contribution >= 0.6 is 23.1 Å². The second kappa shape index (κ2) is 8.01. The van der Waals surface area contributed by atoms with Crippen LogP contribution in [-0.2, 0) is 9.59 Å². The quantitative estimate of drug-likeness (QED) is 0.815. The molecule has 1 saturated heterocycles. The molecular formula is C18H21N3O2S2. The minimum absolute atomic E-state index is 0.0445. The minimum atomic E-state index is -0.312. The summed E-state index contributed by atoms with van der Waals surface area (Å²) < 4.78 is 0.882. The van der Waals surface area contributed by atoms with Crippen molar-refractivity contribution >= 4 is 34.9 Å². The molecule has 1 aromatic carbocycles. The van der Waals surface area contributed by atoms with Crippen LogP contribution in [-0.4, -0.2) is 40.5 Å². The molecule has 7 heteroatoms. The Morgan fingerprint density at radius 1 is 1.36 bits per heavy atom. The zero-order valence-corrected chi connectivity index (χ0v) is 15.7. The summed E-state index contributed by atoms with van der Waals surface area (Å²) in [6.45, 7) is 3.21. The fourth-order valence-electron chi connectivity index (χ4n) is 2.83. The van der Waals surface area contributed by atoms with E-state index in [0.717, 1.165) is 28.4 Å². The minimum Gasteiger partial charge on any atom is -0.369 e. The summed E-state index contributed by atoms with van der Waals surface area (Å²) in [7, 11) is 0. The lowest BCUT2D eigenvalue weighted by atomic mass is 9.97. The highest BCUT2D eigenvalue weighted by molar-refractivity contribution is 8.01. The van der Waals surface area contributed by atoms with Crippen LogP contribution in [0.1, 0.15) is 18.4 Å². The zero-order chi connectivity index (χ0) is 17.8. The SMILES string of the molecule is Cc1ccc(-c2csc(SCC(=O)N3CCCC(C(N)=O)C3)n2)cc1. The fraction of sp³-hybridized carbons (Fsp3) is 0.389. The average molecular weight is 376 g/mol. The summed E-state index contributed by atoms with van der Waals surface area (Å²) in [4.78, 5) is 30.1. The molecule has 0 aliphatic carbocycles. The van der Waals surface area contributed by atoms with Gasteiger partial charge in [0, 0.05) is 24.0 Å². The van der Waals surface area contributed by atoms with Crippen molar-refractivity contribution in [2.24, 2.45) is 11.7 Å². The standard InChI is InChI=1S/C18H21N3O2S2/c1-12-4-6-13(7-5-12)15-10-24-18(20-15)25-11-16(22)21-8-2-3-14(9-21)17(19)23/h4-7,10,14H,2-3,8-9,11H2,1H3,(H2,19,23). The first-order valence-corrected chi connectivity index (χ1v) is 10.1. The van der Waals surface area contributed by atoms with E-state index in [4.69, 9.17) is 5.73 Å². The monoisotopic (exact) mass is 375 g/mol. The maximum atomic E-state index is 12.4. The number of aromatic nitrogens is 1. The van der Waals surface area contributed by atoms with Gasteiger partial charge in [-0.05, 0) is 19.8 Å². The lowest BCUT2D eigenvalue weighted by Crippen LogP contribution is -2.44. The molecule has 2 amide bonds. The van der Waals surface area contributed by atoms with Gasteiger partial charge in [0.15, 0.2) is 4.34 Å². The lowest BCUT2D eigenvalue weighted by molar-refractivity contribution is -0.132. The van der Waals surface area contributed by atoms with E-state index in [1.807, 2.05) is 5.38 Å². The van der Waals surface area contributed by atoms with Crippen molar-refractivity contribution in [3.63, 3.8) is 0 Å². The summed E-state index contributed by atoms with van der Waals surface area (Å²) in [5.74, 6) is -0.140. The number of piperidine rings is 1. The topological polar surface area (TPSA) is 76.3 Å². The van der Waals surface area contributed by atoms with E-state index in [1.54, 1.807) is 16.2 Å². The van der Waals surface area contributed by atoms with E-state index in [2.05, 4.69) is 36.2 Å². The molecule has 3 rings (SSSR count). The number of likely N-dealkylation sites (tertiary alicyclic amines) is 1. The second-order valence-electron chi connectivity index (χ2n) is 6.23. The Bertz CT molecular complexity index is 758. The molecule has 0 spiro atoms. The number of thioether (sulfide) groups is 1. The summed E-state index contributed by atoms with van der Waals surface area (Å²) in [6.07, 6.45) is 1.61. The van der Waals surface area contributed by atoms with Gasteiger partial charge >= 0.3 is 0 Å². The number of nitrogens with two attached hydrogens (primary N) is 1. The normalized spacial score (nSPS) is 17.5. The Balaban J connectivity index is 1.56. The molecule has 1 unspecified atom stereocenters. The Kier molecular flexibility index (Phi) is 5.75. The summed E-state index contributed by atoms with van der Waals surface area (Å²) >= 11 is 3.00. The lowest BCUT2D eigenvalue weighted by Gasteiger charge is -2.31. The Morgan fingerprint density at radius 3 is 2.84 bits per heavy atom. The van der Waals surface area contributed by atoms with Gasteiger partial charge in [0.2, 0.25) is 11.8 Å². The van der Waals surface area contributed by atoms with Crippen molar-refractivity contribution in [1.29, 1.82) is 0 Å². The average Bonchev–Trinajstić information content (AvgIpc) is 3.09. The van der Waals surface area contributed by atoms with Crippen molar-refractivity contribution in [1.82, 2.24) is 9.88 Å². The van der Waals surface area contributed by atoms with Crippen LogP contribution in [0.2, 0.25) is 0 Å². The van der Waals surface area contributed by atoms with Gasteiger partial charge in [-0.1, -0.05) is 41.6 Å². The molecule has 25 heavy (non-hydrogen) atoms. The first-order chi connectivity index (χ1) is 12.0. The Hall–Kier alpha value is -1.86. The van der Waals surface area contributed by atoms with Gasteiger partial charge in [-0.25, -0.2) is 4.98 Å². The highest BCUT2D eigenvalue weighted by atomic mass is 32.2. The number of nitrogens with zero attached hydrogens (tertiary/aromatic N) is 2. The van der Waals surface area contributed by atoms with Crippen LogP contribution in [0.15, 0.2) is 34.0 Å². The van der Waals surface area contributed by atoms with Crippen LogP contribution in [0.25, 0.3) is 11.3 Å². The number of rotatable bonds is 5. The van der Waals surface area contributed by atoms with Crippen LogP contribution < -0.4 is 5.73 Å². The highest BCUT2D eigenvalue weighted by Gasteiger charge is 2.26. The molecule has 132 valence electrons. The van der Waals surface area contributed by atoms with Crippen LogP contribution in [0.5, 0.6) is 0 Å². The number of primary amides is 1. The van der Waals surface area contributed by atoms with Crippen LogP contribution in [0.3, 0.4) is 0 Å². The van der Waals surface area contributed by atoms with Gasteiger partial charge in [-0.2, -0.15) is 0 Å². The predicted octanol–water partition coefficient (Wildman–Crippen LogP) is 2.93. The summed E-state index contributed by atoms with van der Waals surface area (Å²) in [5, 5.41) is 2.02. The van der Waals surface area contributed by atoms with Gasteiger partial charge in [0.1, 0.15) is 0 Å². The predicted molar refractivity (Wildman–Crippen MR) is 102 cm³/mol. The molecule has 0 saturated carbocycles. The zero-order valence-electron chi connectivity index (χ0n) is 14.1. The first-order valence-electron chi connectivity index (χ1n) is 8.25. The molecule has 1 aromatic heterocycles. The number of aryl methyl sites for hydroxylation is 1. The molecule has 2 N–H and O–H groups in total. The van der Waals surface area contributed by atoms with Gasteiger partial charge in [-0.15, -0.1) is 11.3 Å². The van der Waals surface area contributed by atoms with Gasteiger partial charge in [0.25, 0.3) is 0 Å². The molecule has 2 aromatic rings. The molecule has 0 bridgehead atoms. The van der Waals surface area contributed by atoms with Gasteiger partial charge in [0.05, 0.1) is 17.4 Å². The molecular weight excluding hydrogens is 354 g/mol. The third kappa shape index (κ3) is 4.61.